The molecule has 4 aromatic rings. The van der Waals surface area contributed by atoms with E-state index >= 15 is 0 Å². The highest BCUT2D eigenvalue weighted by Gasteiger charge is 2.35. The number of carbonyl (C=O) groups excluding carboxylic acids is 1. The van der Waals surface area contributed by atoms with Crippen LogP contribution in [0.1, 0.15) is 56.8 Å². The van der Waals surface area contributed by atoms with Gasteiger partial charge in [-0.15, -0.1) is 6.58 Å². The van der Waals surface area contributed by atoms with E-state index in [0.29, 0.717) is 52.4 Å². The van der Waals surface area contributed by atoms with Crippen molar-refractivity contribution in [3.8, 4) is 11.3 Å². The lowest BCUT2D eigenvalue weighted by Crippen LogP contribution is -2.51. The number of rotatable bonds is 10. The Labute approximate surface area is 279 Å². The summed E-state index contributed by atoms with van der Waals surface area (Å²) in [7, 11) is 0. The van der Waals surface area contributed by atoms with Gasteiger partial charge in [0.25, 0.3) is 5.90 Å². The fourth-order valence-corrected chi connectivity index (χ4v) is 7.11. The molecule has 2 unspecified atom stereocenters. The number of aromatic nitrogens is 5. The fourth-order valence-electron chi connectivity index (χ4n) is 6.94. The van der Waals surface area contributed by atoms with Gasteiger partial charge in [-0.05, 0) is 75.3 Å². The van der Waals surface area contributed by atoms with E-state index in [1.165, 1.54) is 5.56 Å². The topological polar surface area (TPSA) is 145 Å². The van der Waals surface area contributed by atoms with E-state index in [4.69, 9.17) is 42.2 Å². The number of ether oxygens (including phenoxy) is 2. The summed E-state index contributed by atoms with van der Waals surface area (Å²) < 4.78 is 13.3. The number of morpholine rings is 1. The van der Waals surface area contributed by atoms with Crippen LogP contribution in [0.5, 0.6) is 0 Å². The number of aryl methyl sites for hydroxylation is 1. The maximum atomic E-state index is 11.6. The Morgan fingerprint density at radius 2 is 1.96 bits per heavy atom. The van der Waals surface area contributed by atoms with Crippen LogP contribution < -0.4 is 10.6 Å². The van der Waals surface area contributed by atoms with Gasteiger partial charge in [-0.25, -0.2) is 14.8 Å². The molecule has 3 N–H and O–H groups in total. The molecule has 0 radical (unpaired) electrons. The predicted octanol–water partition coefficient (Wildman–Crippen LogP) is 6.57. The smallest absolute Gasteiger partial charge is 0.388 e. The third-order valence-electron chi connectivity index (χ3n) is 9.35. The van der Waals surface area contributed by atoms with Crippen LogP contribution in [0.4, 0.5) is 10.7 Å². The number of hydrogen-bond donors (Lipinski definition) is 2. The molecule has 1 amide bonds. The van der Waals surface area contributed by atoms with Crippen molar-refractivity contribution in [2.75, 3.05) is 18.1 Å². The normalized spacial score (nSPS) is 21.4. The number of fused-ring (bicyclic) bond motifs is 1. The highest BCUT2D eigenvalue weighted by atomic mass is 35.5. The molecular formula is C35H41ClN8O3. The van der Waals surface area contributed by atoms with Gasteiger partial charge in [-0.3, -0.25) is 10.4 Å². The number of amides is 1. The van der Waals surface area contributed by atoms with Crippen LogP contribution in [0.2, 0.25) is 5.02 Å². The highest BCUT2D eigenvalue weighted by Crippen LogP contribution is 2.37. The second kappa shape index (κ2) is 14.6. The van der Waals surface area contributed by atoms with Crippen molar-refractivity contribution < 1.29 is 14.3 Å². The fraction of sp³-hybridized carbons (Fsp3) is 0.429. The number of benzene rings is 1. The van der Waals surface area contributed by atoms with E-state index in [-0.39, 0.29) is 18.0 Å². The van der Waals surface area contributed by atoms with Crippen molar-refractivity contribution in [3.63, 3.8) is 0 Å². The molecule has 246 valence electrons. The van der Waals surface area contributed by atoms with Gasteiger partial charge in [-0.1, -0.05) is 48.0 Å². The zero-order valence-corrected chi connectivity index (χ0v) is 27.4. The summed E-state index contributed by atoms with van der Waals surface area (Å²) >= 11 is 6.41. The van der Waals surface area contributed by atoms with Gasteiger partial charge in [0, 0.05) is 31.0 Å². The second-order valence-electron chi connectivity index (χ2n) is 12.5. The number of pyridine rings is 1. The quantitative estimate of drug-likeness (QED) is 0.111. The van der Waals surface area contributed by atoms with Gasteiger partial charge in [0.15, 0.2) is 5.65 Å². The van der Waals surface area contributed by atoms with Gasteiger partial charge < -0.3 is 24.7 Å². The lowest BCUT2D eigenvalue weighted by atomic mass is 9.82. The maximum absolute atomic E-state index is 11.6. The molecular weight excluding hydrogens is 616 g/mol. The molecule has 1 saturated heterocycles. The number of hydrogen-bond acceptors (Lipinski definition) is 9. The summed E-state index contributed by atoms with van der Waals surface area (Å²) in [6.45, 7) is 8.12. The molecule has 2 atom stereocenters. The number of nitrogens with zero attached hydrogens (tertiary/aromatic N) is 6. The molecule has 1 aliphatic heterocycles. The monoisotopic (exact) mass is 656 g/mol. The minimum atomic E-state index is -1.12. The lowest BCUT2D eigenvalue weighted by molar-refractivity contribution is 0.0200. The lowest BCUT2D eigenvalue weighted by Gasteiger charge is -2.41. The highest BCUT2D eigenvalue weighted by molar-refractivity contribution is 6.30. The molecule has 3 aromatic heterocycles. The molecule has 47 heavy (non-hydrogen) atoms. The Bertz CT molecular complexity index is 1740. The van der Waals surface area contributed by atoms with Gasteiger partial charge in [0.2, 0.25) is 11.8 Å². The summed E-state index contributed by atoms with van der Waals surface area (Å²) in [5.74, 6) is 1.07. The molecule has 0 bridgehead atoms. The number of imidazole rings is 1. The van der Waals surface area contributed by atoms with Gasteiger partial charge in [-0.2, -0.15) is 4.98 Å². The number of nitrogens with one attached hydrogen (secondary N) is 1. The summed E-state index contributed by atoms with van der Waals surface area (Å²) in [6, 6.07) is 12.4. The van der Waals surface area contributed by atoms with Crippen molar-refractivity contribution >= 4 is 40.7 Å². The van der Waals surface area contributed by atoms with E-state index in [2.05, 4.69) is 63.3 Å². The Morgan fingerprint density at radius 1 is 1.17 bits per heavy atom. The summed E-state index contributed by atoms with van der Waals surface area (Å²) in [5, 5.41) is 8.82. The average molecular weight is 657 g/mol. The van der Waals surface area contributed by atoms with Crippen molar-refractivity contribution in [1.82, 2.24) is 24.5 Å². The number of carbonyl (C=O) groups is 1. The number of nitrogens with two attached hydrogens (primary N) is 1. The van der Waals surface area contributed by atoms with Crippen molar-refractivity contribution in [2.45, 2.75) is 70.6 Å². The van der Waals surface area contributed by atoms with Gasteiger partial charge in [0.1, 0.15) is 11.2 Å². The molecule has 1 saturated carbocycles. The number of primary amides is 1. The van der Waals surface area contributed by atoms with E-state index in [9.17, 15) is 4.79 Å². The van der Waals surface area contributed by atoms with Crippen LogP contribution in [0.15, 0.2) is 61.4 Å². The first-order chi connectivity index (χ1) is 22.8. The van der Waals surface area contributed by atoms with Crippen LogP contribution in [-0.2, 0) is 22.4 Å². The molecule has 1 aliphatic carbocycles. The molecule has 6 rings (SSSR count). The zero-order chi connectivity index (χ0) is 32.9. The third-order valence-corrected chi connectivity index (χ3v) is 9.56. The first kappa shape index (κ1) is 32.6. The Morgan fingerprint density at radius 3 is 2.68 bits per heavy atom. The van der Waals surface area contributed by atoms with Crippen molar-refractivity contribution in [3.05, 3.63) is 77.9 Å². The van der Waals surface area contributed by atoms with E-state index in [0.717, 1.165) is 57.4 Å². The van der Waals surface area contributed by atoms with Crippen LogP contribution in [0.3, 0.4) is 0 Å². The summed E-state index contributed by atoms with van der Waals surface area (Å²) in [5.41, 5.74) is 8.79. The molecule has 11 nitrogen and oxygen atoms in total. The SMILES string of the molecule is C=CC1CCC(Cn2c(N3CCOC(C)C3CCCc3ccccc3)nc3nc(C(=N)OC(N)=O)nc(-c4cncc(Cl)c4)c32)CC1. The third kappa shape index (κ3) is 7.47. The van der Waals surface area contributed by atoms with Crippen molar-refractivity contribution in [1.29, 1.82) is 5.41 Å². The van der Waals surface area contributed by atoms with Crippen LogP contribution in [0.25, 0.3) is 22.4 Å². The maximum Gasteiger partial charge on any atom is 0.411 e. The molecule has 2 aliphatic rings. The van der Waals surface area contributed by atoms with Crippen molar-refractivity contribution in [2.24, 2.45) is 17.6 Å². The van der Waals surface area contributed by atoms with E-state index in [1.807, 2.05) is 6.07 Å². The number of allylic oxidation sites excluding steroid dienone is 1. The first-order valence-electron chi connectivity index (χ1n) is 16.3. The minimum Gasteiger partial charge on any atom is -0.388 e. The zero-order valence-electron chi connectivity index (χ0n) is 26.6. The Hall–Kier alpha value is -4.35. The molecule has 1 aromatic carbocycles. The van der Waals surface area contributed by atoms with Crippen LogP contribution in [0, 0.1) is 17.2 Å². The van der Waals surface area contributed by atoms with E-state index in [1.54, 1.807) is 18.5 Å². The summed E-state index contributed by atoms with van der Waals surface area (Å²) in [6.07, 6.45) is 11.4. The molecule has 12 heteroatoms. The predicted molar refractivity (Wildman–Crippen MR) is 183 cm³/mol. The molecule has 2 fully saturated rings. The molecule has 0 spiro atoms. The van der Waals surface area contributed by atoms with Gasteiger partial charge >= 0.3 is 6.09 Å². The standard InChI is InChI=1S/C35H41ClN8O3/c1-3-23-12-14-25(15-13-23)21-44-30-29(26-18-27(36)20-39-19-26)40-33(31(37)47-34(38)45)41-32(30)42-35(44)43-16-17-46-22(2)28(43)11-7-10-24-8-5-4-6-9-24/h3-6,8-9,18-20,22-23,25,28,37H,1,7,10-17,21H2,2H3,(H2,38,45). The van der Waals surface area contributed by atoms with Crippen LogP contribution in [-0.4, -0.2) is 61.8 Å². The Kier molecular flexibility index (Phi) is 10.1. The minimum absolute atomic E-state index is 0.00814. The largest absolute Gasteiger partial charge is 0.411 e. The average Bonchev–Trinajstić information content (AvgIpc) is 3.43. The number of anilines is 1. The Balaban J connectivity index is 1.46. The number of halogens is 1. The summed E-state index contributed by atoms with van der Waals surface area (Å²) in [4.78, 5) is 32.8. The van der Waals surface area contributed by atoms with E-state index < -0.39 is 12.0 Å². The van der Waals surface area contributed by atoms with Crippen LogP contribution >= 0.6 is 11.6 Å². The van der Waals surface area contributed by atoms with Gasteiger partial charge in [0.05, 0.1) is 23.8 Å². The molecule has 4 heterocycles. The second-order valence-corrected chi connectivity index (χ2v) is 12.9. The first-order valence-corrected chi connectivity index (χ1v) is 16.7.